The Morgan fingerprint density at radius 2 is 1.60 bits per heavy atom. The Balaban J connectivity index is 1.81. The second kappa shape index (κ2) is 7.27. The first-order valence-corrected chi connectivity index (χ1v) is 8.41. The molecule has 0 bridgehead atoms. The van der Waals surface area contributed by atoms with E-state index in [0.717, 1.165) is 23.5 Å². The van der Waals surface area contributed by atoms with E-state index < -0.39 is 0 Å². The molecule has 0 atom stereocenters. The number of benzene rings is 2. The predicted octanol–water partition coefficient (Wildman–Crippen LogP) is 4.46. The first-order valence-electron chi connectivity index (χ1n) is 8.41. The van der Waals surface area contributed by atoms with E-state index in [1.165, 1.54) is 22.3 Å². The third-order valence-corrected chi connectivity index (χ3v) is 4.41. The fourth-order valence-corrected chi connectivity index (χ4v) is 3.17. The van der Waals surface area contributed by atoms with Crippen molar-refractivity contribution in [3.8, 4) is 6.07 Å². The Labute approximate surface area is 149 Å². The Morgan fingerprint density at radius 3 is 2.24 bits per heavy atom. The molecule has 0 spiro atoms. The zero-order valence-electron chi connectivity index (χ0n) is 14.9. The normalized spacial score (nSPS) is 10.5. The van der Waals surface area contributed by atoms with Gasteiger partial charge in [0.05, 0.1) is 11.6 Å². The van der Waals surface area contributed by atoms with E-state index in [1.807, 2.05) is 36.5 Å². The maximum absolute atomic E-state index is 8.88. The molecule has 0 N–H and O–H groups in total. The van der Waals surface area contributed by atoms with E-state index in [1.54, 1.807) is 0 Å². The van der Waals surface area contributed by atoms with E-state index in [2.05, 4.69) is 44.0 Å². The summed E-state index contributed by atoms with van der Waals surface area (Å²) in [5.74, 6) is 0.810. The van der Waals surface area contributed by atoms with Crippen molar-refractivity contribution >= 4 is 0 Å². The second-order valence-electron chi connectivity index (χ2n) is 6.50. The molecule has 0 aliphatic heterocycles. The van der Waals surface area contributed by atoms with Crippen molar-refractivity contribution in [2.45, 2.75) is 33.6 Å². The van der Waals surface area contributed by atoms with Gasteiger partial charge in [-0.25, -0.2) is 9.97 Å². The van der Waals surface area contributed by atoms with Crippen molar-refractivity contribution in [3.63, 3.8) is 0 Å². The van der Waals surface area contributed by atoms with Gasteiger partial charge < -0.3 is 0 Å². The number of nitriles is 1. The topological polar surface area (TPSA) is 49.6 Å². The first-order chi connectivity index (χ1) is 12.0. The smallest absolute Gasteiger partial charge is 0.132 e. The van der Waals surface area contributed by atoms with E-state index in [4.69, 9.17) is 10.2 Å². The lowest BCUT2D eigenvalue weighted by Gasteiger charge is -2.11. The number of hydrogen-bond acceptors (Lipinski definition) is 3. The maximum Gasteiger partial charge on any atom is 0.132 e. The average molecular weight is 327 g/mol. The zero-order valence-corrected chi connectivity index (χ0v) is 14.9. The summed E-state index contributed by atoms with van der Waals surface area (Å²) in [6, 6.07) is 16.2. The van der Waals surface area contributed by atoms with Crippen LogP contribution < -0.4 is 0 Å². The van der Waals surface area contributed by atoms with Crippen LogP contribution in [-0.4, -0.2) is 9.97 Å². The summed E-state index contributed by atoms with van der Waals surface area (Å²) in [4.78, 5) is 9.14. The van der Waals surface area contributed by atoms with Crippen LogP contribution in [0.25, 0.3) is 0 Å². The lowest BCUT2D eigenvalue weighted by Crippen LogP contribution is -2.03. The van der Waals surface area contributed by atoms with Gasteiger partial charge in [0.15, 0.2) is 0 Å². The third-order valence-electron chi connectivity index (χ3n) is 4.41. The molecular weight excluding hydrogens is 306 g/mol. The van der Waals surface area contributed by atoms with Crippen LogP contribution in [0.4, 0.5) is 0 Å². The zero-order chi connectivity index (χ0) is 17.8. The largest absolute Gasteiger partial charge is 0.241 e. The summed E-state index contributed by atoms with van der Waals surface area (Å²) in [7, 11) is 0. The van der Waals surface area contributed by atoms with Gasteiger partial charge in [-0.15, -0.1) is 0 Å². The van der Waals surface area contributed by atoms with Crippen molar-refractivity contribution < 1.29 is 0 Å². The SMILES string of the molecule is Cc1cc(C)c(Cc2ccnc(Cc3ccc(C#N)cc3)n2)c(C)c1. The molecule has 3 aromatic rings. The molecule has 25 heavy (non-hydrogen) atoms. The summed E-state index contributed by atoms with van der Waals surface area (Å²) in [5, 5.41) is 8.88. The highest BCUT2D eigenvalue weighted by atomic mass is 14.9. The van der Waals surface area contributed by atoms with Crippen LogP contribution in [0.1, 0.15) is 44.9 Å². The molecule has 0 amide bonds. The van der Waals surface area contributed by atoms with Crippen molar-refractivity contribution in [2.75, 3.05) is 0 Å². The van der Waals surface area contributed by atoms with Crippen LogP contribution in [0.3, 0.4) is 0 Å². The number of hydrogen-bond donors (Lipinski definition) is 0. The highest BCUT2D eigenvalue weighted by Gasteiger charge is 2.08. The van der Waals surface area contributed by atoms with Gasteiger partial charge in [0.2, 0.25) is 0 Å². The second-order valence-corrected chi connectivity index (χ2v) is 6.50. The minimum Gasteiger partial charge on any atom is -0.241 e. The molecule has 0 radical (unpaired) electrons. The molecule has 124 valence electrons. The van der Waals surface area contributed by atoms with Gasteiger partial charge in [0, 0.05) is 24.7 Å². The molecule has 0 saturated carbocycles. The number of rotatable bonds is 4. The highest BCUT2D eigenvalue weighted by Crippen LogP contribution is 2.19. The molecular formula is C22H21N3. The molecule has 0 aliphatic rings. The minimum atomic E-state index is 0.670. The van der Waals surface area contributed by atoms with E-state index in [9.17, 15) is 0 Å². The molecule has 0 unspecified atom stereocenters. The number of aryl methyl sites for hydroxylation is 3. The minimum absolute atomic E-state index is 0.670. The molecule has 0 fully saturated rings. The van der Waals surface area contributed by atoms with Crippen LogP contribution in [0.5, 0.6) is 0 Å². The fraction of sp³-hybridized carbons (Fsp3) is 0.227. The van der Waals surface area contributed by atoms with Crippen LogP contribution in [-0.2, 0) is 12.8 Å². The average Bonchev–Trinajstić information content (AvgIpc) is 2.59. The fourth-order valence-electron chi connectivity index (χ4n) is 3.17. The Morgan fingerprint density at radius 1 is 0.920 bits per heavy atom. The standard InChI is InChI=1S/C22H21N3/c1-15-10-16(2)21(17(3)11-15)13-20-8-9-24-22(25-20)12-18-4-6-19(14-23)7-5-18/h4-11H,12-13H2,1-3H3. The number of nitrogens with zero attached hydrogens (tertiary/aromatic N) is 3. The van der Waals surface area contributed by atoms with Crippen molar-refractivity contribution in [1.82, 2.24) is 9.97 Å². The monoisotopic (exact) mass is 327 g/mol. The predicted molar refractivity (Wildman–Crippen MR) is 99.5 cm³/mol. The van der Waals surface area contributed by atoms with E-state index >= 15 is 0 Å². The van der Waals surface area contributed by atoms with Gasteiger partial charge in [-0.05, 0) is 61.2 Å². The molecule has 0 aliphatic carbocycles. The van der Waals surface area contributed by atoms with Gasteiger partial charge in [-0.2, -0.15) is 5.26 Å². The van der Waals surface area contributed by atoms with Crippen LogP contribution in [0.2, 0.25) is 0 Å². The van der Waals surface area contributed by atoms with Crippen molar-refractivity contribution in [3.05, 3.63) is 93.6 Å². The third kappa shape index (κ3) is 4.10. The Bertz CT molecular complexity index is 911. The van der Waals surface area contributed by atoms with Crippen molar-refractivity contribution in [1.29, 1.82) is 5.26 Å². The molecule has 3 nitrogen and oxygen atoms in total. The van der Waals surface area contributed by atoms with Gasteiger partial charge in [-0.3, -0.25) is 0 Å². The summed E-state index contributed by atoms with van der Waals surface area (Å²) in [6.45, 7) is 6.45. The Kier molecular flexibility index (Phi) is 4.90. The summed E-state index contributed by atoms with van der Waals surface area (Å²) < 4.78 is 0. The van der Waals surface area contributed by atoms with E-state index in [-0.39, 0.29) is 0 Å². The van der Waals surface area contributed by atoms with E-state index in [0.29, 0.717) is 12.0 Å². The molecule has 2 aromatic carbocycles. The lowest BCUT2D eigenvalue weighted by atomic mass is 9.96. The van der Waals surface area contributed by atoms with Gasteiger partial charge in [-0.1, -0.05) is 29.8 Å². The molecule has 1 aromatic heterocycles. The molecule has 0 saturated heterocycles. The van der Waals surface area contributed by atoms with Crippen LogP contribution in [0, 0.1) is 32.1 Å². The van der Waals surface area contributed by atoms with Gasteiger partial charge in [0.25, 0.3) is 0 Å². The summed E-state index contributed by atoms with van der Waals surface area (Å²) in [6.07, 6.45) is 3.33. The quantitative estimate of drug-likeness (QED) is 0.711. The highest BCUT2D eigenvalue weighted by molar-refractivity contribution is 5.39. The number of aromatic nitrogens is 2. The first kappa shape index (κ1) is 16.9. The lowest BCUT2D eigenvalue weighted by molar-refractivity contribution is 0.911. The summed E-state index contributed by atoms with van der Waals surface area (Å²) in [5.41, 5.74) is 8.07. The molecule has 3 rings (SSSR count). The molecule has 3 heteroatoms. The van der Waals surface area contributed by atoms with Gasteiger partial charge >= 0.3 is 0 Å². The van der Waals surface area contributed by atoms with Crippen LogP contribution >= 0.6 is 0 Å². The van der Waals surface area contributed by atoms with Crippen molar-refractivity contribution in [2.24, 2.45) is 0 Å². The summed E-state index contributed by atoms with van der Waals surface area (Å²) >= 11 is 0. The van der Waals surface area contributed by atoms with Crippen LogP contribution in [0.15, 0.2) is 48.7 Å². The Hall–Kier alpha value is -2.99. The van der Waals surface area contributed by atoms with Gasteiger partial charge in [0.1, 0.15) is 5.82 Å². The maximum atomic E-state index is 8.88. The molecule has 1 heterocycles.